The summed E-state index contributed by atoms with van der Waals surface area (Å²) >= 11 is 0. The number of anilines is 1. The predicted octanol–water partition coefficient (Wildman–Crippen LogP) is 1.22. The SMILES string of the molecule is CN=C(NCCCOC)NCc1ccccc1N1CCOCC1. The molecule has 1 aromatic carbocycles. The van der Waals surface area contributed by atoms with E-state index in [9.17, 15) is 0 Å². The molecule has 1 fully saturated rings. The molecule has 0 radical (unpaired) electrons. The minimum atomic E-state index is 0.748. The number of hydrogen-bond donors (Lipinski definition) is 2. The van der Waals surface area contributed by atoms with Crippen molar-refractivity contribution in [3.05, 3.63) is 29.8 Å². The molecule has 0 aromatic heterocycles. The van der Waals surface area contributed by atoms with Gasteiger partial charge in [-0.1, -0.05) is 18.2 Å². The van der Waals surface area contributed by atoms with E-state index in [1.54, 1.807) is 14.2 Å². The molecule has 2 rings (SSSR count). The first-order valence-electron chi connectivity index (χ1n) is 8.19. The minimum Gasteiger partial charge on any atom is -0.385 e. The van der Waals surface area contributed by atoms with Crippen LogP contribution in [0.3, 0.4) is 0 Å². The summed E-state index contributed by atoms with van der Waals surface area (Å²) in [5, 5.41) is 6.68. The fourth-order valence-corrected chi connectivity index (χ4v) is 2.60. The highest BCUT2D eigenvalue weighted by Crippen LogP contribution is 2.21. The fraction of sp³-hybridized carbons (Fsp3) is 0.588. The number of morpholine rings is 1. The maximum absolute atomic E-state index is 5.44. The number of para-hydroxylation sites is 1. The number of methoxy groups -OCH3 is 1. The molecule has 0 unspecified atom stereocenters. The summed E-state index contributed by atoms with van der Waals surface area (Å²) in [7, 11) is 3.51. The molecule has 6 heteroatoms. The van der Waals surface area contributed by atoms with Crippen molar-refractivity contribution >= 4 is 11.6 Å². The highest BCUT2D eigenvalue weighted by atomic mass is 16.5. The van der Waals surface area contributed by atoms with E-state index in [-0.39, 0.29) is 0 Å². The largest absolute Gasteiger partial charge is 0.385 e. The quantitative estimate of drug-likeness (QED) is 0.449. The molecular weight excluding hydrogens is 292 g/mol. The molecule has 23 heavy (non-hydrogen) atoms. The molecule has 1 saturated heterocycles. The number of benzene rings is 1. The second-order valence-corrected chi connectivity index (χ2v) is 5.43. The number of guanidine groups is 1. The van der Waals surface area contributed by atoms with E-state index in [0.717, 1.165) is 58.4 Å². The van der Waals surface area contributed by atoms with Crippen molar-refractivity contribution in [1.82, 2.24) is 10.6 Å². The van der Waals surface area contributed by atoms with Crippen LogP contribution in [-0.2, 0) is 16.0 Å². The third kappa shape index (κ3) is 5.73. The summed E-state index contributed by atoms with van der Waals surface area (Å²) in [6.45, 7) is 5.83. The zero-order valence-corrected chi connectivity index (χ0v) is 14.2. The summed E-state index contributed by atoms with van der Waals surface area (Å²) < 4.78 is 10.5. The molecule has 0 bridgehead atoms. The average Bonchev–Trinajstić information content (AvgIpc) is 2.62. The van der Waals surface area contributed by atoms with Gasteiger partial charge in [-0.3, -0.25) is 4.99 Å². The number of nitrogens with zero attached hydrogens (tertiary/aromatic N) is 2. The van der Waals surface area contributed by atoms with Crippen LogP contribution in [-0.4, -0.2) is 59.6 Å². The third-order valence-corrected chi connectivity index (χ3v) is 3.83. The van der Waals surface area contributed by atoms with Crippen molar-refractivity contribution in [3.8, 4) is 0 Å². The Hall–Kier alpha value is -1.79. The maximum atomic E-state index is 5.44. The van der Waals surface area contributed by atoms with Gasteiger partial charge in [-0.15, -0.1) is 0 Å². The zero-order chi connectivity index (χ0) is 16.3. The van der Waals surface area contributed by atoms with Gasteiger partial charge in [-0.05, 0) is 18.1 Å². The van der Waals surface area contributed by atoms with Crippen molar-refractivity contribution in [3.63, 3.8) is 0 Å². The first-order chi connectivity index (χ1) is 11.3. The van der Waals surface area contributed by atoms with Crippen LogP contribution in [0.4, 0.5) is 5.69 Å². The fourth-order valence-electron chi connectivity index (χ4n) is 2.60. The van der Waals surface area contributed by atoms with Gasteiger partial charge in [0.1, 0.15) is 0 Å². The van der Waals surface area contributed by atoms with E-state index >= 15 is 0 Å². The summed E-state index contributed by atoms with van der Waals surface area (Å²) in [5.74, 6) is 0.817. The molecule has 1 heterocycles. The molecule has 6 nitrogen and oxygen atoms in total. The van der Waals surface area contributed by atoms with Crippen LogP contribution in [0.25, 0.3) is 0 Å². The highest BCUT2D eigenvalue weighted by molar-refractivity contribution is 5.79. The van der Waals surface area contributed by atoms with E-state index in [0.29, 0.717) is 0 Å². The van der Waals surface area contributed by atoms with Crippen LogP contribution in [0, 0.1) is 0 Å². The first kappa shape index (κ1) is 17.6. The molecule has 1 aliphatic rings. The number of aliphatic imine (C=N–C) groups is 1. The van der Waals surface area contributed by atoms with Gasteiger partial charge >= 0.3 is 0 Å². The monoisotopic (exact) mass is 320 g/mol. The molecule has 0 amide bonds. The van der Waals surface area contributed by atoms with E-state index in [1.807, 2.05) is 0 Å². The topological polar surface area (TPSA) is 58.1 Å². The van der Waals surface area contributed by atoms with Crippen LogP contribution < -0.4 is 15.5 Å². The first-order valence-corrected chi connectivity index (χ1v) is 8.19. The van der Waals surface area contributed by atoms with Gasteiger partial charge in [-0.2, -0.15) is 0 Å². The van der Waals surface area contributed by atoms with Crippen molar-refractivity contribution in [2.24, 2.45) is 4.99 Å². The van der Waals surface area contributed by atoms with Gasteiger partial charge in [0, 0.05) is 52.6 Å². The van der Waals surface area contributed by atoms with Crippen molar-refractivity contribution in [2.45, 2.75) is 13.0 Å². The Balaban J connectivity index is 1.89. The second kappa shape index (κ2) is 10.1. The molecule has 128 valence electrons. The lowest BCUT2D eigenvalue weighted by molar-refractivity contribution is 0.122. The number of rotatable bonds is 7. The van der Waals surface area contributed by atoms with Crippen LogP contribution in [0.15, 0.2) is 29.3 Å². The van der Waals surface area contributed by atoms with E-state index in [1.165, 1.54) is 11.3 Å². The van der Waals surface area contributed by atoms with Gasteiger partial charge in [0.05, 0.1) is 13.2 Å². The Kier molecular flexibility index (Phi) is 7.69. The lowest BCUT2D eigenvalue weighted by Crippen LogP contribution is -2.39. The Bertz CT molecular complexity index is 487. The molecule has 2 N–H and O–H groups in total. The number of hydrogen-bond acceptors (Lipinski definition) is 4. The second-order valence-electron chi connectivity index (χ2n) is 5.43. The summed E-state index contributed by atoms with van der Waals surface area (Å²) in [6.07, 6.45) is 0.960. The van der Waals surface area contributed by atoms with Crippen LogP contribution in [0.5, 0.6) is 0 Å². The molecule has 0 aliphatic carbocycles. The minimum absolute atomic E-state index is 0.748. The van der Waals surface area contributed by atoms with Crippen LogP contribution >= 0.6 is 0 Å². The van der Waals surface area contributed by atoms with E-state index < -0.39 is 0 Å². The average molecular weight is 320 g/mol. The third-order valence-electron chi connectivity index (χ3n) is 3.83. The van der Waals surface area contributed by atoms with Gasteiger partial charge < -0.3 is 25.0 Å². The Labute approximate surface area is 138 Å². The van der Waals surface area contributed by atoms with Crippen molar-refractivity contribution < 1.29 is 9.47 Å². The summed E-state index contributed by atoms with van der Waals surface area (Å²) in [5.41, 5.74) is 2.55. The molecule has 1 aromatic rings. The maximum Gasteiger partial charge on any atom is 0.191 e. The molecule has 1 aliphatic heterocycles. The summed E-state index contributed by atoms with van der Waals surface area (Å²) in [6, 6.07) is 8.51. The van der Waals surface area contributed by atoms with Crippen LogP contribution in [0.2, 0.25) is 0 Å². The Morgan fingerprint density at radius 3 is 2.78 bits per heavy atom. The molecule has 0 atom stereocenters. The lowest BCUT2D eigenvalue weighted by Gasteiger charge is -2.30. The smallest absolute Gasteiger partial charge is 0.191 e. The number of ether oxygens (including phenoxy) is 2. The van der Waals surface area contributed by atoms with E-state index in [4.69, 9.17) is 9.47 Å². The van der Waals surface area contributed by atoms with Gasteiger partial charge in [-0.25, -0.2) is 0 Å². The van der Waals surface area contributed by atoms with Gasteiger partial charge in [0.15, 0.2) is 5.96 Å². The molecule has 0 spiro atoms. The lowest BCUT2D eigenvalue weighted by atomic mass is 10.1. The van der Waals surface area contributed by atoms with Crippen molar-refractivity contribution in [2.75, 3.05) is 58.5 Å². The van der Waals surface area contributed by atoms with Gasteiger partial charge in [0.25, 0.3) is 0 Å². The van der Waals surface area contributed by atoms with Crippen LogP contribution in [0.1, 0.15) is 12.0 Å². The number of nitrogens with one attached hydrogen (secondary N) is 2. The van der Waals surface area contributed by atoms with Gasteiger partial charge in [0.2, 0.25) is 0 Å². The molecular formula is C17H28N4O2. The molecule has 0 saturated carbocycles. The Morgan fingerprint density at radius 2 is 2.04 bits per heavy atom. The van der Waals surface area contributed by atoms with E-state index in [2.05, 4.69) is 44.8 Å². The normalized spacial score (nSPS) is 15.6. The standard InChI is InChI=1S/C17H28N4O2/c1-18-17(19-8-5-11-22-2)20-14-15-6-3-4-7-16(15)21-9-12-23-13-10-21/h3-4,6-7H,5,8-14H2,1-2H3,(H2,18,19,20). The Morgan fingerprint density at radius 1 is 1.26 bits per heavy atom. The van der Waals surface area contributed by atoms with Crippen molar-refractivity contribution in [1.29, 1.82) is 0 Å². The summed E-state index contributed by atoms with van der Waals surface area (Å²) in [4.78, 5) is 6.65. The predicted molar refractivity (Wildman–Crippen MR) is 94.2 cm³/mol. The zero-order valence-electron chi connectivity index (χ0n) is 14.2. The highest BCUT2D eigenvalue weighted by Gasteiger charge is 2.14.